The third-order valence-electron chi connectivity index (χ3n) is 10.2. The second kappa shape index (κ2) is 14.4. The Morgan fingerprint density at radius 2 is 1.23 bits per heavy atom. The quantitative estimate of drug-likeness (QED) is 0.0547. The number of carbonyl (C=O) groups excluding carboxylic acids is 1. The SMILES string of the molecule is COc1c2c3c4c(c(NC(CCC(=O)O)C(=O)O)c(=O)c5c(NC(CCC(=O)O)C(=O)O)cc(OC)c(c6c(OC)cc(O)c(c1=O)c63)c54)C=C(C)C2C(C)=O. The molecule has 0 amide bonds. The maximum Gasteiger partial charge on any atom is 0.326 e. The number of carboxylic acid groups (broad SMARTS) is 4. The van der Waals surface area contributed by atoms with Crippen molar-refractivity contribution < 1.29 is 63.7 Å². The van der Waals surface area contributed by atoms with Gasteiger partial charge < -0.3 is 50.4 Å². The molecule has 56 heavy (non-hydrogen) atoms. The molecule has 17 nitrogen and oxygen atoms in total. The molecule has 3 atom stereocenters. The zero-order chi connectivity index (χ0) is 41.1. The highest BCUT2D eigenvalue weighted by Crippen LogP contribution is 2.56. The average molecular weight is 773 g/mol. The largest absolute Gasteiger partial charge is 0.507 e. The molecule has 292 valence electrons. The lowest BCUT2D eigenvalue weighted by atomic mass is 9.80. The smallest absolute Gasteiger partial charge is 0.326 e. The number of aromatic hydroxyl groups is 1. The molecule has 1 aliphatic carbocycles. The Morgan fingerprint density at radius 3 is 1.73 bits per heavy atom. The van der Waals surface area contributed by atoms with Gasteiger partial charge in [0.25, 0.3) is 0 Å². The lowest BCUT2D eigenvalue weighted by molar-refractivity contribution is -0.141. The number of carboxylic acids is 4. The van der Waals surface area contributed by atoms with Gasteiger partial charge in [0.2, 0.25) is 10.9 Å². The first kappa shape index (κ1) is 38.8. The van der Waals surface area contributed by atoms with Crippen LogP contribution in [0.3, 0.4) is 0 Å². The molecular formula is C39H36N2O15. The van der Waals surface area contributed by atoms with Crippen LogP contribution >= 0.6 is 0 Å². The number of methoxy groups -OCH3 is 3. The number of fused-ring (bicyclic) bond motifs is 1. The standard InChI is InChI=1S/C39H36N2O15/c1-13-10-15-25-30-26(35(48)34(15)41-17(39(52)53)7-9-23(46)47)18(40-16(38(50)51)6-8-22(44)45)11-20(54-3)28(30)29-21(55-4)12-19(43)27-32(29)31(25)33(24(13)14(2)42)37(56-5)36(27)49/h10-12,16-17,24,40-41,43H,6-9H2,1-5H3,(H,44,45)(H,46,47)(H,50,51)(H,52,53). The number of aliphatic carboxylic acids is 4. The van der Waals surface area contributed by atoms with Crippen molar-refractivity contribution in [2.75, 3.05) is 32.0 Å². The number of phenolic OH excluding ortho intramolecular Hbond substituents is 1. The Labute approximate surface area is 315 Å². The van der Waals surface area contributed by atoms with Gasteiger partial charge in [-0.05, 0) is 32.1 Å². The summed E-state index contributed by atoms with van der Waals surface area (Å²) in [5.41, 5.74) is -1.79. The molecule has 5 aromatic carbocycles. The van der Waals surface area contributed by atoms with Gasteiger partial charge in [-0.15, -0.1) is 0 Å². The van der Waals surface area contributed by atoms with Crippen LogP contribution in [-0.4, -0.2) is 88.6 Å². The normalized spacial score (nSPS) is 14.7. The number of allylic oxidation sites excluding steroid dienone is 1. The van der Waals surface area contributed by atoms with E-state index < -0.39 is 90.0 Å². The summed E-state index contributed by atoms with van der Waals surface area (Å²) in [7, 11) is 3.81. The molecular weight excluding hydrogens is 736 g/mol. The zero-order valence-electron chi connectivity index (χ0n) is 30.6. The van der Waals surface area contributed by atoms with Crippen LogP contribution in [0.2, 0.25) is 0 Å². The number of phenols is 1. The molecule has 0 aliphatic heterocycles. The van der Waals surface area contributed by atoms with E-state index in [0.29, 0.717) is 5.57 Å². The Bertz CT molecular complexity index is 2690. The number of carbonyl (C=O) groups is 5. The predicted octanol–water partition coefficient (Wildman–Crippen LogP) is 4.18. The maximum atomic E-state index is 15.1. The molecule has 0 saturated heterocycles. The Balaban J connectivity index is 1.99. The van der Waals surface area contributed by atoms with Crippen molar-refractivity contribution in [3.05, 3.63) is 49.3 Å². The van der Waals surface area contributed by atoms with Gasteiger partial charge in [0, 0.05) is 63.0 Å². The van der Waals surface area contributed by atoms with Crippen LogP contribution < -0.4 is 35.7 Å². The fraction of sp³-hybridized carbons (Fsp3) is 0.308. The lowest BCUT2D eigenvalue weighted by Gasteiger charge is -2.26. The predicted molar refractivity (Wildman–Crippen MR) is 204 cm³/mol. The van der Waals surface area contributed by atoms with Gasteiger partial charge in [0.05, 0.1) is 49.4 Å². The topological polar surface area (TPSA) is 272 Å². The third kappa shape index (κ3) is 6.00. The van der Waals surface area contributed by atoms with Gasteiger partial charge in [0.15, 0.2) is 5.75 Å². The van der Waals surface area contributed by atoms with Crippen molar-refractivity contribution in [1.29, 1.82) is 0 Å². The molecule has 1 aliphatic rings. The first-order chi connectivity index (χ1) is 26.5. The average Bonchev–Trinajstić information content (AvgIpc) is 3.26. The van der Waals surface area contributed by atoms with Gasteiger partial charge in [-0.3, -0.25) is 24.0 Å². The summed E-state index contributed by atoms with van der Waals surface area (Å²) in [6, 6.07) is -0.742. The molecule has 0 aromatic heterocycles. The molecule has 3 unspecified atom stereocenters. The first-order valence-electron chi connectivity index (χ1n) is 17.2. The van der Waals surface area contributed by atoms with E-state index >= 15 is 4.79 Å². The van der Waals surface area contributed by atoms with E-state index in [1.165, 1.54) is 46.5 Å². The molecule has 0 bridgehead atoms. The Morgan fingerprint density at radius 1 is 0.696 bits per heavy atom. The third-order valence-corrected chi connectivity index (χ3v) is 10.2. The highest BCUT2D eigenvalue weighted by Gasteiger charge is 2.38. The molecule has 17 heteroatoms. The summed E-state index contributed by atoms with van der Waals surface area (Å²) in [6.45, 7) is 2.85. The number of anilines is 2. The lowest BCUT2D eigenvalue weighted by Crippen LogP contribution is -2.33. The van der Waals surface area contributed by atoms with Crippen LogP contribution in [0.25, 0.3) is 49.2 Å². The summed E-state index contributed by atoms with van der Waals surface area (Å²) in [6.07, 6.45) is -0.604. The van der Waals surface area contributed by atoms with Crippen LogP contribution in [0.15, 0.2) is 27.3 Å². The number of rotatable bonds is 16. The van der Waals surface area contributed by atoms with Crippen molar-refractivity contribution in [3.8, 4) is 23.0 Å². The summed E-state index contributed by atoms with van der Waals surface area (Å²) < 4.78 is 17.3. The fourth-order valence-electron chi connectivity index (χ4n) is 7.95. The molecule has 0 radical (unpaired) electrons. The fourth-order valence-corrected chi connectivity index (χ4v) is 7.95. The molecule has 7 N–H and O–H groups in total. The van der Waals surface area contributed by atoms with E-state index in [1.54, 1.807) is 6.92 Å². The molecule has 6 rings (SSSR count). The van der Waals surface area contributed by atoms with Crippen molar-refractivity contribution in [1.82, 2.24) is 0 Å². The van der Waals surface area contributed by atoms with E-state index in [-0.39, 0.29) is 82.8 Å². The van der Waals surface area contributed by atoms with Gasteiger partial charge in [-0.25, -0.2) is 9.59 Å². The van der Waals surface area contributed by atoms with Crippen molar-refractivity contribution in [2.45, 2.75) is 57.5 Å². The number of Topliss-reactive ketones (excluding diaryl/α,β-unsaturated/α-hetero) is 1. The number of hydrogen-bond acceptors (Lipinski definition) is 13. The number of benzene rings is 5. The Hall–Kier alpha value is -6.91. The highest BCUT2D eigenvalue weighted by molar-refractivity contribution is 6.40. The maximum absolute atomic E-state index is 15.1. The van der Waals surface area contributed by atoms with E-state index in [4.69, 9.17) is 14.2 Å². The minimum Gasteiger partial charge on any atom is -0.507 e. The van der Waals surface area contributed by atoms with E-state index in [9.17, 15) is 54.3 Å². The zero-order valence-corrected chi connectivity index (χ0v) is 30.6. The van der Waals surface area contributed by atoms with Gasteiger partial charge in [-0.2, -0.15) is 0 Å². The Kier molecular flexibility index (Phi) is 9.97. The van der Waals surface area contributed by atoms with Crippen LogP contribution in [0.1, 0.15) is 56.6 Å². The van der Waals surface area contributed by atoms with Gasteiger partial charge in [0.1, 0.15) is 35.1 Å². The minimum atomic E-state index is -1.66. The van der Waals surface area contributed by atoms with Crippen LogP contribution in [0.4, 0.5) is 11.4 Å². The summed E-state index contributed by atoms with van der Waals surface area (Å²) in [4.78, 5) is 91.3. The minimum absolute atomic E-state index is 0.0155. The molecule has 5 aromatic rings. The van der Waals surface area contributed by atoms with E-state index in [0.717, 1.165) is 0 Å². The van der Waals surface area contributed by atoms with Gasteiger partial charge >= 0.3 is 23.9 Å². The highest BCUT2D eigenvalue weighted by atomic mass is 16.5. The summed E-state index contributed by atoms with van der Waals surface area (Å²) in [5, 5.41) is 56.4. The van der Waals surface area contributed by atoms with Crippen molar-refractivity contribution in [3.63, 3.8) is 0 Å². The molecule has 0 heterocycles. The van der Waals surface area contributed by atoms with Crippen LogP contribution in [0.5, 0.6) is 23.0 Å². The van der Waals surface area contributed by atoms with Crippen LogP contribution in [0, 0.1) is 0 Å². The summed E-state index contributed by atoms with van der Waals surface area (Å²) >= 11 is 0. The van der Waals surface area contributed by atoms with Gasteiger partial charge in [-0.1, -0.05) is 11.6 Å². The van der Waals surface area contributed by atoms with E-state index in [1.807, 2.05) is 0 Å². The monoisotopic (exact) mass is 772 g/mol. The van der Waals surface area contributed by atoms with Crippen molar-refractivity contribution >= 4 is 90.2 Å². The number of ether oxygens (including phenoxy) is 3. The summed E-state index contributed by atoms with van der Waals surface area (Å²) in [5.74, 6) is -7.98. The molecule has 0 spiro atoms. The number of nitrogens with one attached hydrogen (secondary N) is 2. The number of ketones is 1. The number of hydrogen-bond donors (Lipinski definition) is 7. The molecule has 0 saturated carbocycles. The second-order valence-corrected chi connectivity index (χ2v) is 13.5. The van der Waals surface area contributed by atoms with Crippen LogP contribution in [-0.2, 0) is 24.0 Å². The first-order valence-corrected chi connectivity index (χ1v) is 17.2. The second-order valence-electron chi connectivity index (χ2n) is 13.5. The van der Waals surface area contributed by atoms with E-state index in [2.05, 4.69) is 10.6 Å². The van der Waals surface area contributed by atoms with Crippen molar-refractivity contribution in [2.24, 2.45) is 0 Å². The molecule has 0 fully saturated rings.